The minimum Gasteiger partial charge on any atom is -0.329 e. The van der Waals surface area contributed by atoms with Crippen molar-refractivity contribution in [1.29, 1.82) is 0 Å². The van der Waals surface area contributed by atoms with E-state index in [0.29, 0.717) is 18.1 Å². The molecule has 1 atom stereocenters. The van der Waals surface area contributed by atoms with Gasteiger partial charge in [-0.05, 0) is 29.3 Å². The molecule has 2 aromatic carbocycles. The lowest BCUT2D eigenvalue weighted by Gasteiger charge is -2.25. The number of benzene rings is 2. The first kappa shape index (κ1) is 13.2. The second-order valence-electron chi connectivity index (χ2n) is 4.83. The van der Waals surface area contributed by atoms with Crippen molar-refractivity contribution in [1.82, 2.24) is 4.90 Å². The number of amides is 1. The molecule has 3 nitrogen and oxygen atoms in total. The van der Waals surface area contributed by atoms with Crippen LogP contribution < -0.4 is 5.73 Å². The molecular weight excluding hydrogens is 272 g/mol. The molecule has 0 aromatic heterocycles. The van der Waals surface area contributed by atoms with E-state index in [2.05, 4.69) is 0 Å². The molecule has 2 N–H and O–H groups in total. The summed E-state index contributed by atoms with van der Waals surface area (Å²) in [6.07, 6.45) is 0. The van der Waals surface area contributed by atoms with Gasteiger partial charge in [-0.25, -0.2) is 0 Å². The zero-order valence-electron chi connectivity index (χ0n) is 10.9. The standard InChI is InChI=1S/C16H15ClN2O/c17-12-7-5-11(6-8-12)15-13-3-1-2-4-14(13)16(20)19(15)10-9-18/h1-8,15H,9-10,18H2. The van der Waals surface area contributed by atoms with Crippen LogP contribution in [-0.4, -0.2) is 23.9 Å². The van der Waals surface area contributed by atoms with Gasteiger partial charge in [-0.3, -0.25) is 4.79 Å². The average Bonchev–Trinajstić information content (AvgIpc) is 2.74. The highest BCUT2D eigenvalue weighted by atomic mass is 35.5. The van der Waals surface area contributed by atoms with Gasteiger partial charge in [0.2, 0.25) is 0 Å². The van der Waals surface area contributed by atoms with Gasteiger partial charge >= 0.3 is 0 Å². The quantitative estimate of drug-likeness (QED) is 0.943. The number of nitrogens with zero attached hydrogens (tertiary/aromatic N) is 1. The molecule has 0 saturated carbocycles. The van der Waals surface area contributed by atoms with Crippen molar-refractivity contribution < 1.29 is 4.79 Å². The monoisotopic (exact) mass is 286 g/mol. The van der Waals surface area contributed by atoms with Gasteiger partial charge in [0.25, 0.3) is 5.91 Å². The van der Waals surface area contributed by atoms with Crippen molar-refractivity contribution in [3.05, 3.63) is 70.2 Å². The highest BCUT2D eigenvalue weighted by Gasteiger charge is 2.36. The summed E-state index contributed by atoms with van der Waals surface area (Å²) in [6, 6.07) is 15.3. The molecule has 3 rings (SSSR count). The predicted molar refractivity (Wildman–Crippen MR) is 79.8 cm³/mol. The van der Waals surface area contributed by atoms with E-state index in [1.165, 1.54) is 0 Å². The van der Waals surface area contributed by atoms with Crippen LogP contribution in [-0.2, 0) is 0 Å². The van der Waals surface area contributed by atoms with Crippen LogP contribution in [0.5, 0.6) is 0 Å². The first-order valence-corrected chi connectivity index (χ1v) is 6.95. The molecule has 1 aliphatic heterocycles. The highest BCUT2D eigenvalue weighted by Crippen LogP contribution is 2.38. The zero-order valence-corrected chi connectivity index (χ0v) is 11.7. The van der Waals surface area contributed by atoms with Crippen LogP contribution in [0.15, 0.2) is 48.5 Å². The lowest BCUT2D eigenvalue weighted by molar-refractivity contribution is 0.0755. The summed E-state index contributed by atoms with van der Waals surface area (Å²) in [6.45, 7) is 0.991. The first-order chi connectivity index (χ1) is 9.72. The van der Waals surface area contributed by atoms with Crippen LogP contribution >= 0.6 is 11.6 Å². The Kier molecular flexibility index (Phi) is 3.47. The smallest absolute Gasteiger partial charge is 0.255 e. The van der Waals surface area contributed by atoms with Crippen molar-refractivity contribution in [3.63, 3.8) is 0 Å². The molecule has 0 aliphatic carbocycles. The Labute approximate surface area is 123 Å². The van der Waals surface area contributed by atoms with E-state index in [1.807, 2.05) is 53.4 Å². The predicted octanol–water partition coefficient (Wildman–Crippen LogP) is 2.84. The van der Waals surface area contributed by atoms with E-state index in [0.717, 1.165) is 16.7 Å². The summed E-state index contributed by atoms with van der Waals surface area (Å²) in [4.78, 5) is 14.3. The Bertz CT molecular complexity index is 639. The van der Waals surface area contributed by atoms with Crippen molar-refractivity contribution in [2.45, 2.75) is 6.04 Å². The van der Waals surface area contributed by atoms with Gasteiger partial charge in [0.1, 0.15) is 0 Å². The van der Waals surface area contributed by atoms with Gasteiger partial charge in [-0.2, -0.15) is 0 Å². The van der Waals surface area contributed by atoms with E-state index in [1.54, 1.807) is 0 Å². The van der Waals surface area contributed by atoms with E-state index in [9.17, 15) is 4.79 Å². The van der Waals surface area contributed by atoms with Gasteiger partial charge in [-0.1, -0.05) is 41.9 Å². The van der Waals surface area contributed by atoms with Gasteiger partial charge in [0.15, 0.2) is 0 Å². The number of hydrogen-bond donors (Lipinski definition) is 1. The largest absolute Gasteiger partial charge is 0.329 e. The number of carbonyl (C=O) groups excluding carboxylic acids is 1. The molecule has 1 amide bonds. The number of nitrogens with two attached hydrogens (primary N) is 1. The second-order valence-corrected chi connectivity index (χ2v) is 5.26. The normalized spacial score (nSPS) is 17.4. The molecule has 102 valence electrons. The van der Waals surface area contributed by atoms with E-state index in [-0.39, 0.29) is 11.9 Å². The Morgan fingerprint density at radius 3 is 2.50 bits per heavy atom. The first-order valence-electron chi connectivity index (χ1n) is 6.58. The van der Waals surface area contributed by atoms with Crippen LogP contribution in [0.4, 0.5) is 0 Å². The summed E-state index contributed by atoms with van der Waals surface area (Å²) < 4.78 is 0. The summed E-state index contributed by atoms with van der Waals surface area (Å²) in [5.41, 5.74) is 8.51. The van der Waals surface area contributed by atoms with E-state index >= 15 is 0 Å². The molecular formula is C16H15ClN2O. The Morgan fingerprint density at radius 1 is 1.10 bits per heavy atom. The van der Waals surface area contributed by atoms with Crippen LogP contribution in [0.2, 0.25) is 5.02 Å². The molecule has 0 bridgehead atoms. The van der Waals surface area contributed by atoms with E-state index in [4.69, 9.17) is 17.3 Å². The summed E-state index contributed by atoms with van der Waals surface area (Å²) in [5, 5.41) is 0.691. The van der Waals surface area contributed by atoms with Gasteiger partial charge in [0.05, 0.1) is 6.04 Å². The van der Waals surface area contributed by atoms with Crippen molar-refractivity contribution in [3.8, 4) is 0 Å². The maximum absolute atomic E-state index is 12.5. The van der Waals surface area contributed by atoms with Gasteiger partial charge < -0.3 is 10.6 Å². The summed E-state index contributed by atoms with van der Waals surface area (Å²) in [7, 11) is 0. The molecule has 2 aromatic rings. The summed E-state index contributed by atoms with van der Waals surface area (Å²) >= 11 is 5.94. The Hall–Kier alpha value is -1.84. The number of rotatable bonds is 3. The fraction of sp³-hybridized carbons (Fsp3) is 0.188. The number of carbonyl (C=O) groups is 1. The maximum Gasteiger partial charge on any atom is 0.255 e. The Morgan fingerprint density at radius 2 is 1.80 bits per heavy atom. The third kappa shape index (κ3) is 2.09. The lowest BCUT2D eigenvalue weighted by Crippen LogP contribution is -2.33. The van der Waals surface area contributed by atoms with Crippen molar-refractivity contribution in [2.75, 3.05) is 13.1 Å². The third-order valence-electron chi connectivity index (χ3n) is 3.61. The van der Waals surface area contributed by atoms with E-state index < -0.39 is 0 Å². The fourth-order valence-corrected chi connectivity index (χ4v) is 2.87. The molecule has 0 radical (unpaired) electrons. The minimum atomic E-state index is -0.0699. The second kappa shape index (κ2) is 5.27. The molecule has 20 heavy (non-hydrogen) atoms. The van der Waals surface area contributed by atoms with Gasteiger partial charge in [0, 0.05) is 23.7 Å². The lowest BCUT2D eigenvalue weighted by atomic mass is 9.98. The van der Waals surface area contributed by atoms with Crippen molar-refractivity contribution in [2.24, 2.45) is 5.73 Å². The number of fused-ring (bicyclic) bond motifs is 1. The third-order valence-corrected chi connectivity index (χ3v) is 3.87. The summed E-state index contributed by atoms with van der Waals surface area (Å²) in [5.74, 6) is 0.0472. The Balaban J connectivity index is 2.10. The van der Waals surface area contributed by atoms with Crippen LogP contribution in [0.1, 0.15) is 27.5 Å². The van der Waals surface area contributed by atoms with Crippen LogP contribution in [0, 0.1) is 0 Å². The molecule has 0 fully saturated rings. The topological polar surface area (TPSA) is 46.3 Å². The molecule has 1 heterocycles. The van der Waals surface area contributed by atoms with Gasteiger partial charge in [-0.15, -0.1) is 0 Å². The number of halogens is 1. The number of hydrogen-bond acceptors (Lipinski definition) is 2. The van der Waals surface area contributed by atoms with Crippen LogP contribution in [0.3, 0.4) is 0 Å². The average molecular weight is 287 g/mol. The maximum atomic E-state index is 12.5. The zero-order chi connectivity index (χ0) is 14.1. The van der Waals surface area contributed by atoms with Crippen LogP contribution in [0.25, 0.3) is 0 Å². The molecule has 4 heteroatoms. The highest BCUT2D eigenvalue weighted by molar-refractivity contribution is 6.30. The van der Waals surface area contributed by atoms with Crippen molar-refractivity contribution >= 4 is 17.5 Å². The molecule has 1 unspecified atom stereocenters. The molecule has 1 aliphatic rings. The SMILES string of the molecule is NCCN1C(=O)c2ccccc2C1c1ccc(Cl)cc1. The molecule has 0 spiro atoms. The fourth-order valence-electron chi connectivity index (χ4n) is 2.74. The molecule has 0 saturated heterocycles. The minimum absolute atomic E-state index is 0.0472.